The topological polar surface area (TPSA) is 29.5 Å². The first-order chi connectivity index (χ1) is 12.4. The van der Waals surface area contributed by atoms with E-state index in [1.54, 1.807) is 0 Å². The molecular formula is C23H29NO2. The van der Waals surface area contributed by atoms with Gasteiger partial charge in [-0.15, -0.1) is 0 Å². The monoisotopic (exact) mass is 351 g/mol. The van der Waals surface area contributed by atoms with E-state index in [1.807, 2.05) is 6.07 Å². The highest BCUT2D eigenvalue weighted by Crippen LogP contribution is 2.35. The zero-order chi connectivity index (χ0) is 18.7. The third kappa shape index (κ3) is 4.16. The van der Waals surface area contributed by atoms with Gasteiger partial charge in [-0.25, -0.2) is 0 Å². The number of rotatable bonds is 4. The first-order valence-electron chi connectivity index (χ1n) is 9.33. The summed E-state index contributed by atoms with van der Waals surface area (Å²) in [7, 11) is 1.49. The zero-order valence-electron chi connectivity index (χ0n) is 16.2. The van der Waals surface area contributed by atoms with E-state index in [2.05, 4.69) is 74.2 Å². The fourth-order valence-corrected chi connectivity index (χ4v) is 3.81. The number of carbonyl (C=O) groups excluding carboxylic acids is 1. The van der Waals surface area contributed by atoms with Crippen molar-refractivity contribution in [3.63, 3.8) is 0 Å². The highest BCUT2D eigenvalue weighted by Gasteiger charge is 2.39. The first-order valence-corrected chi connectivity index (χ1v) is 9.33. The van der Waals surface area contributed by atoms with Crippen LogP contribution in [-0.4, -0.2) is 31.1 Å². The maximum absolute atomic E-state index is 12.4. The van der Waals surface area contributed by atoms with Crippen molar-refractivity contribution in [1.82, 2.24) is 4.90 Å². The van der Waals surface area contributed by atoms with Gasteiger partial charge in [-0.05, 0) is 22.1 Å². The molecule has 0 bridgehead atoms. The molecule has 0 amide bonds. The maximum atomic E-state index is 12.4. The second kappa shape index (κ2) is 7.63. The van der Waals surface area contributed by atoms with E-state index in [0.717, 1.165) is 19.6 Å². The number of nitrogens with zero attached hydrogens (tertiary/aromatic N) is 1. The number of methoxy groups -OCH3 is 1. The Kier molecular flexibility index (Phi) is 5.47. The van der Waals surface area contributed by atoms with Gasteiger partial charge in [0, 0.05) is 25.6 Å². The van der Waals surface area contributed by atoms with Crippen LogP contribution in [0.25, 0.3) is 0 Å². The fraction of sp³-hybridized carbons (Fsp3) is 0.435. The minimum Gasteiger partial charge on any atom is -0.469 e. The highest BCUT2D eigenvalue weighted by molar-refractivity contribution is 5.74. The van der Waals surface area contributed by atoms with Crippen LogP contribution in [0.5, 0.6) is 0 Å². The summed E-state index contributed by atoms with van der Waals surface area (Å²) in [4.78, 5) is 14.7. The fourth-order valence-electron chi connectivity index (χ4n) is 3.81. The Bertz CT molecular complexity index is 731. The van der Waals surface area contributed by atoms with E-state index in [4.69, 9.17) is 4.74 Å². The number of benzene rings is 2. The Morgan fingerprint density at radius 2 is 1.69 bits per heavy atom. The summed E-state index contributed by atoms with van der Waals surface area (Å²) >= 11 is 0. The molecular weight excluding hydrogens is 322 g/mol. The van der Waals surface area contributed by atoms with Crippen LogP contribution in [0.3, 0.4) is 0 Å². The lowest BCUT2D eigenvalue weighted by molar-refractivity contribution is -0.145. The van der Waals surface area contributed by atoms with Gasteiger partial charge in [0.25, 0.3) is 0 Å². The Morgan fingerprint density at radius 1 is 1.04 bits per heavy atom. The van der Waals surface area contributed by atoms with Crippen molar-refractivity contribution in [3.05, 3.63) is 71.3 Å². The van der Waals surface area contributed by atoms with Crippen LogP contribution in [0, 0.1) is 5.92 Å². The van der Waals surface area contributed by atoms with Crippen molar-refractivity contribution in [3.8, 4) is 0 Å². The average Bonchev–Trinajstić information content (AvgIpc) is 3.05. The average molecular weight is 351 g/mol. The highest BCUT2D eigenvalue weighted by atomic mass is 16.5. The summed E-state index contributed by atoms with van der Waals surface area (Å²) in [5.74, 6) is -0.0326. The van der Waals surface area contributed by atoms with Crippen molar-refractivity contribution in [2.75, 3.05) is 20.2 Å². The second-order valence-corrected chi connectivity index (χ2v) is 8.29. The van der Waals surface area contributed by atoms with Crippen LogP contribution < -0.4 is 0 Å². The smallest absolute Gasteiger partial charge is 0.310 e. The SMILES string of the molecule is COC(=O)[C@H]1CN(Cc2ccccc2)CC1c1ccc(C(C)(C)C)cc1. The third-order valence-corrected chi connectivity index (χ3v) is 5.35. The lowest BCUT2D eigenvalue weighted by atomic mass is 9.83. The normalized spacial score (nSPS) is 20.9. The standard InChI is InChI=1S/C23H29NO2/c1-23(2,3)19-12-10-18(11-13-19)20-15-24(16-21(20)22(25)26-4)14-17-8-6-5-7-9-17/h5-13,20-21H,14-16H2,1-4H3/t20?,21-/m0/s1. The van der Waals surface area contributed by atoms with E-state index in [9.17, 15) is 4.79 Å². The van der Waals surface area contributed by atoms with E-state index in [1.165, 1.54) is 23.8 Å². The summed E-state index contributed by atoms with van der Waals surface area (Å²) in [6.45, 7) is 9.14. The summed E-state index contributed by atoms with van der Waals surface area (Å²) in [6, 6.07) is 19.2. The Labute approximate surface area is 157 Å². The van der Waals surface area contributed by atoms with Gasteiger partial charge in [0.2, 0.25) is 0 Å². The molecule has 2 atom stereocenters. The minimum atomic E-state index is -0.107. The molecule has 3 nitrogen and oxygen atoms in total. The number of ether oxygens (including phenoxy) is 1. The molecule has 0 saturated carbocycles. The van der Waals surface area contributed by atoms with Crippen molar-refractivity contribution >= 4 is 5.97 Å². The van der Waals surface area contributed by atoms with Gasteiger partial charge in [-0.2, -0.15) is 0 Å². The lowest BCUT2D eigenvalue weighted by Crippen LogP contribution is -2.24. The van der Waals surface area contributed by atoms with E-state index >= 15 is 0 Å². The van der Waals surface area contributed by atoms with Gasteiger partial charge >= 0.3 is 5.97 Å². The van der Waals surface area contributed by atoms with Crippen molar-refractivity contribution in [1.29, 1.82) is 0 Å². The Morgan fingerprint density at radius 3 is 2.27 bits per heavy atom. The molecule has 0 aliphatic carbocycles. The molecule has 1 fully saturated rings. The van der Waals surface area contributed by atoms with Crippen LogP contribution in [0.2, 0.25) is 0 Å². The number of likely N-dealkylation sites (tertiary alicyclic amines) is 1. The molecule has 3 heteroatoms. The minimum absolute atomic E-state index is 0.106. The quantitative estimate of drug-likeness (QED) is 0.766. The first kappa shape index (κ1) is 18.7. The molecule has 138 valence electrons. The van der Waals surface area contributed by atoms with Crippen molar-refractivity contribution in [2.45, 2.75) is 38.6 Å². The molecule has 26 heavy (non-hydrogen) atoms. The van der Waals surface area contributed by atoms with Crippen LogP contribution in [-0.2, 0) is 21.5 Å². The van der Waals surface area contributed by atoms with Crippen LogP contribution >= 0.6 is 0 Å². The van der Waals surface area contributed by atoms with Gasteiger partial charge in [0.15, 0.2) is 0 Å². The zero-order valence-corrected chi connectivity index (χ0v) is 16.2. The molecule has 0 spiro atoms. The molecule has 1 unspecified atom stereocenters. The lowest BCUT2D eigenvalue weighted by Gasteiger charge is -2.21. The molecule has 3 rings (SSSR count). The third-order valence-electron chi connectivity index (χ3n) is 5.35. The van der Waals surface area contributed by atoms with Gasteiger partial charge in [0.05, 0.1) is 13.0 Å². The van der Waals surface area contributed by atoms with Crippen LogP contribution in [0.15, 0.2) is 54.6 Å². The second-order valence-electron chi connectivity index (χ2n) is 8.29. The van der Waals surface area contributed by atoms with Gasteiger partial charge in [0.1, 0.15) is 0 Å². The molecule has 1 aliphatic rings. The van der Waals surface area contributed by atoms with Gasteiger partial charge in [-0.3, -0.25) is 9.69 Å². The van der Waals surface area contributed by atoms with E-state index in [0.29, 0.717) is 0 Å². The van der Waals surface area contributed by atoms with Crippen LogP contribution in [0.4, 0.5) is 0 Å². The molecule has 2 aromatic rings. The van der Waals surface area contributed by atoms with Crippen molar-refractivity contribution in [2.24, 2.45) is 5.92 Å². The number of carbonyl (C=O) groups is 1. The molecule has 2 aromatic carbocycles. The molecule has 0 N–H and O–H groups in total. The van der Waals surface area contributed by atoms with Gasteiger partial charge < -0.3 is 4.74 Å². The summed E-state index contributed by atoms with van der Waals surface area (Å²) < 4.78 is 5.10. The summed E-state index contributed by atoms with van der Waals surface area (Å²) in [6.07, 6.45) is 0. The number of esters is 1. The molecule has 1 aliphatic heterocycles. The van der Waals surface area contributed by atoms with E-state index < -0.39 is 0 Å². The summed E-state index contributed by atoms with van der Waals surface area (Å²) in [5.41, 5.74) is 3.95. The van der Waals surface area contributed by atoms with E-state index in [-0.39, 0.29) is 23.2 Å². The van der Waals surface area contributed by atoms with Gasteiger partial charge in [-0.1, -0.05) is 75.4 Å². The maximum Gasteiger partial charge on any atom is 0.310 e. The Hall–Kier alpha value is -2.13. The molecule has 1 heterocycles. The molecule has 0 aromatic heterocycles. The predicted molar refractivity (Wildman–Crippen MR) is 105 cm³/mol. The van der Waals surface area contributed by atoms with Crippen LogP contribution in [0.1, 0.15) is 43.4 Å². The van der Waals surface area contributed by atoms with Crippen molar-refractivity contribution < 1.29 is 9.53 Å². The molecule has 0 radical (unpaired) electrons. The largest absolute Gasteiger partial charge is 0.469 e. The number of hydrogen-bond acceptors (Lipinski definition) is 3. The molecule has 1 saturated heterocycles. The summed E-state index contributed by atoms with van der Waals surface area (Å²) in [5, 5.41) is 0. The number of hydrogen-bond donors (Lipinski definition) is 0. The Balaban J connectivity index is 1.80. The predicted octanol–water partition coefficient (Wildman–Crippen LogP) is 4.37.